The van der Waals surface area contributed by atoms with Crippen LogP contribution in [0.15, 0.2) is 0 Å². The zero-order valence-electron chi connectivity index (χ0n) is 13.8. The quantitative estimate of drug-likeness (QED) is 0.548. The summed E-state index contributed by atoms with van der Waals surface area (Å²) in [6, 6.07) is 0. The van der Waals surface area contributed by atoms with E-state index in [-0.39, 0.29) is 17.3 Å². The summed E-state index contributed by atoms with van der Waals surface area (Å²) >= 11 is 0. The van der Waals surface area contributed by atoms with Gasteiger partial charge in [-0.25, -0.2) is 4.79 Å². The van der Waals surface area contributed by atoms with Crippen molar-refractivity contribution in [2.24, 2.45) is 11.3 Å². The molecule has 1 spiro atoms. The predicted molar refractivity (Wildman–Crippen MR) is 79.2 cm³/mol. The molecule has 1 amide bonds. The molecule has 0 N–H and O–H groups in total. The molecule has 2 unspecified atom stereocenters. The second-order valence-electron chi connectivity index (χ2n) is 7.40. The maximum atomic E-state index is 12.2. The molecule has 6 nitrogen and oxygen atoms in total. The number of ketones is 1. The van der Waals surface area contributed by atoms with Crippen LogP contribution >= 0.6 is 0 Å². The van der Waals surface area contributed by atoms with Crippen LogP contribution in [0.1, 0.15) is 46.5 Å². The predicted octanol–water partition coefficient (Wildman–Crippen LogP) is 2.16. The molecule has 1 saturated heterocycles. The SMILES string of the molecule is COC(=O)C1CC2(CCC1=O)CCN(C(=O)OC(C)(C)C)C2. The molecule has 2 rings (SSSR count). The van der Waals surface area contributed by atoms with Crippen molar-refractivity contribution in [3.05, 3.63) is 0 Å². The Morgan fingerprint density at radius 2 is 1.95 bits per heavy atom. The molecule has 2 atom stereocenters. The highest BCUT2D eigenvalue weighted by Crippen LogP contribution is 2.45. The molecule has 6 heteroatoms. The highest BCUT2D eigenvalue weighted by molar-refractivity contribution is 5.99. The summed E-state index contributed by atoms with van der Waals surface area (Å²) in [6.07, 6.45) is 2.04. The van der Waals surface area contributed by atoms with Crippen LogP contribution in [-0.4, -0.2) is 48.5 Å². The second-order valence-corrected chi connectivity index (χ2v) is 7.40. The van der Waals surface area contributed by atoms with Gasteiger partial charge in [0.2, 0.25) is 0 Å². The van der Waals surface area contributed by atoms with E-state index in [1.54, 1.807) is 4.90 Å². The fraction of sp³-hybridized carbons (Fsp3) is 0.812. The van der Waals surface area contributed by atoms with E-state index < -0.39 is 17.5 Å². The maximum Gasteiger partial charge on any atom is 0.410 e. The molecule has 0 aromatic heterocycles. The highest BCUT2D eigenvalue weighted by Gasteiger charge is 2.48. The van der Waals surface area contributed by atoms with Crippen molar-refractivity contribution < 1.29 is 23.9 Å². The lowest BCUT2D eigenvalue weighted by Gasteiger charge is -2.36. The van der Waals surface area contributed by atoms with Crippen LogP contribution in [0.4, 0.5) is 4.79 Å². The molecule has 1 heterocycles. The van der Waals surface area contributed by atoms with Crippen LogP contribution in [0.3, 0.4) is 0 Å². The number of methoxy groups -OCH3 is 1. The summed E-state index contributed by atoms with van der Waals surface area (Å²) in [5.74, 6) is -1.19. The third kappa shape index (κ3) is 3.59. The minimum atomic E-state index is -0.683. The van der Waals surface area contributed by atoms with Crippen molar-refractivity contribution in [1.82, 2.24) is 4.90 Å². The van der Waals surface area contributed by atoms with Gasteiger partial charge in [0.1, 0.15) is 17.3 Å². The zero-order chi connectivity index (χ0) is 16.5. The van der Waals surface area contributed by atoms with Crippen LogP contribution in [0.5, 0.6) is 0 Å². The van der Waals surface area contributed by atoms with Gasteiger partial charge in [-0.1, -0.05) is 0 Å². The Hall–Kier alpha value is -1.59. The molecule has 22 heavy (non-hydrogen) atoms. The third-order valence-electron chi connectivity index (χ3n) is 4.50. The van der Waals surface area contributed by atoms with Gasteiger partial charge in [0.05, 0.1) is 7.11 Å². The van der Waals surface area contributed by atoms with E-state index in [4.69, 9.17) is 9.47 Å². The van der Waals surface area contributed by atoms with Crippen LogP contribution in [0, 0.1) is 11.3 Å². The van der Waals surface area contributed by atoms with E-state index in [1.165, 1.54) is 7.11 Å². The van der Waals surface area contributed by atoms with E-state index in [0.29, 0.717) is 25.9 Å². The van der Waals surface area contributed by atoms with E-state index in [0.717, 1.165) is 12.8 Å². The van der Waals surface area contributed by atoms with Crippen molar-refractivity contribution in [2.45, 2.75) is 52.1 Å². The van der Waals surface area contributed by atoms with E-state index >= 15 is 0 Å². The number of hydrogen-bond donors (Lipinski definition) is 0. The van der Waals surface area contributed by atoms with Gasteiger partial charge < -0.3 is 14.4 Å². The topological polar surface area (TPSA) is 72.9 Å². The molecule has 1 saturated carbocycles. The van der Waals surface area contributed by atoms with E-state index in [2.05, 4.69) is 0 Å². The Labute approximate surface area is 131 Å². The summed E-state index contributed by atoms with van der Waals surface area (Å²) < 4.78 is 10.1. The Balaban J connectivity index is 2.03. The van der Waals surface area contributed by atoms with Gasteiger partial charge >= 0.3 is 12.1 Å². The summed E-state index contributed by atoms with van der Waals surface area (Å²) in [6.45, 7) is 6.66. The van der Waals surface area contributed by atoms with Gasteiger partial charge in [0.25, 0.3) is 0 Å². The molecular formula is C16H25NO5. The lowest BCUT2D eigenvalue weighted by Crippen LogP contribution is -2.42. The van der Waals surface area contributed by atoms with E-state index in [9.17, 15) is 14.4 Å². The van der Waals surface area contributed by atoms with Gasteiger partial charge in [-0.15, -0.1) is 0 Å². The zero-order valence-corrected chi connectivity index (χ0v) is 13.8. The number of ether oxygens (including phenoxy) is 2. The average molecular weight is 311 g/mol. The van der Waals surface area contributed by atoms with Crippen LogP contribution in [-0.2, 0) is 19.1 Å². The number of nitrogens with zero attached hydrogens (tertiary/aromatic N) is 1. The van der Waals surface area contributed by atoms with Gasteiger partial charge in [-0.3, -0.25) is 9.59 Å². The Bertz CT molecular complexity index is 473. The number of carbonyl (C=O) groups is 3. The molecule has 0 bridgehead atoms. The molecule has 2 aliphatic rings. The number of rotatable bonds is 1. The van der Waals surface area contributed by atoms with Gasteiger partial charge in [-0.2, -0.15) is 0 Å². The average Bonchev–Trinajstić information content (AvgIpc) is 2.83. The summed E-state index contributed by atoms with van der Waals surface area (Å²) in [7, 11) is 1.30. The summed E-state index contributed by atoms with van der Waals surface area (Å²) in [4.78, 5) is 37.6. The number of esters is 1. The first kappa shape index (κ1) is 16.8. The molecular weight excluding hydrogens is 286 g/mol. The largest absolute Gasteiger partial charge is 0.468 e. The van der Waals surface area contributed by atoms with E-state index in [1.807, 2.05) is 20.8 Å². The van der Waals surface area contributed by atoms with Crippen molar-refractivity contribution in [2.75, 3.05) is 20.2 Å². The summed E-state index contributed by atoms with van der Waals surface area (Å²) in [5, 5.41) is 0. The standard InChI is InChI=1S/C16H25NO5/c1-15(2,3)22-14(20)17-8-7-16(10-17)6-5-12(18)11(9-16)13(19)21-4/h11H,5-10H2,1-4H3. The lowest BCUT2D eigenvalue weighted by atomic mass is 9.68. The Morgan fingerprint density at radius 3 is 2.55 bits per heavy atom. The van der Waals surface area contributed by atoms with Gasteiger partial charge in [0.15, 0.2) is 0 Å². The molecule has 1 aliphatic carbocycles. The fourth-order valence-corrected chi connectivity index (χ4v) is 3.36. The van der Waals surface area contributed by atoms with Crippen molar-refractivity contribution in [3.63, 3.8) is 0 Å². The summed E-state index contributed by atoms with van der Waals surface area (Å²) in [5.41, 5.74) is -0.687. The Kier molecular flexibility index (Phi) is 4.49. The number of likely N-dealkylation sites (tertiary alicyclic amines) is 1. The first-order chi connectivity index (χ1) is 10.2. The molecule has 0 radical (unpaired) electrons. The molecule has 0 aromatic rings. The number of amides is 1. The minimum absolute atomic E-state index is 0.0480. The number of hydrogen-bond acceptors (Lipinski definition) is 5. The van der Waals surface area contributed by atoms with Crippen molar-refractivity contribution >= 4 is 17.8 Å². The van der Waals surface area contributed by atoms with Crippen LogP contribution < -0.4 is 0 Å². The molecule has 2 fully saturated rings. The highest BCUT2D eigenvalue weighted by atomic mass is 16.6. The van der Waals surface area contributed by atoms with Crippen molar-refractivity contribution in [3.8, 4) is 0 Å². The first-order valence-corrected chi connectivity index (χ1v) is 7.74. The fourth-order valence-electron chi connectivity index (χ4n) is 3.36. The molecule has 124 valence electrons. The smallest absolute Gasteiger partial charge is 0.410 e. The van der Waals surface area contributed by atoms with Crippen LogP contribution in [0.2, 0.25) is 0 Å². The Morgan fingerprint density at radius 1 is 1.27 bits per heavy atom. The molecule has 0 aromatic carbocycles. The third-order valence-corrected chi connectivity index (χ3v) is 4.50. The normalized spacial score (nSPS) is 28.8. The maximum absolute atomic E-state index is 12.2. The van der Waals surface area contributed by atoms with Crippen LogP contribution in [0.25, 0.3) is 0 Å². The lowest BCUT2D eigenvalue weighted by molar-refractivity contribution is -0.152. The second kappa shape index (κ2) is 5.89. The molecule has 1 aliphatic heterocycles. The minimum Gasteiger partial charge on any atom is -0.468 e. The van der Waals surface area contributed by atoms with Gasteiger partial charge in [0, 0.05) is 19.5 Å². The first-order valence-electron chi connectivity index (χ1n) is 7.74. The number of Topliss-reactive ketones (excluding diaryl/α,β-unsaturated/α-hetero) is 1. The number of carbonyl (C=O) groups excluding carboxylic acids is 3. The van der Waals surface area contributed by atoms with Gasteiger partial charge in [-0.05, 0) is 45.4 Å². The monoisotopic (exact) mass is 311 g/mol. The van der Waals surface area contributed by atoms with Crippen molar-refractivity contribution in [1.29, 1.82) is 0 Å².